The summed E-state index contributed by atoms with van der Waals surface area (Å²) in [6.45, 7) is 2.10. The number of carbonyl (C=O) groups is 2. The van der Waals surface area contributed by atoms with Crippen molar-refractivity contribution in [3.8, 4) is 0 Å². The molecule has 0 amide bonds. The van der Waals surface area contributed by atoms with Gasteiger partial charge < -0.3 is 9.30 Å². The number of hydrogen-bond donors (Lipinski definition) is 0. The van der Waals surface area contributed by atoms with Crippen LogP contribution in [-0.4, -0.2) is 28.6 Å². The lowest BCUT2D eigenvalue weighted by atomic mass is 10.3. The van der Waals surface area contributed by atoms with Gasteiger partial charge in [-0.15, -0.1) is 11.8 Å². The smallest absolute Gasteiger partial charge is 0.311 e. The van der Waals surface area contributed by atoms with Gasteiger partial charge in [0.25, 0.3) is 5.24 Å². The molecule has 0 aromatic carbocycles. The van der Waals surface area contributed by atoms with Gasteiger partial charge in [-0.25, -0.2) is 0 Å². The second-order valence-corrected chi connectivity index (χ2v) is 4.56. The highest BCUT2D eigenvalue weighted by molar-refractivity contribution is 7.98. The highest BCUT2D eigenvalue weighted by atomic mass is 35.5. The second kappa shape index (κ2) is 6.12. The highest BCUT2D eigenvalue weighted by Crippen LogP contribution is 2.26. The van der Waals surface area contributed by atoms with Crippen molar-refractivity contribution in [2.45, 2.75) is 18.2 Å². The Labute approximate surface area is 109 Å². The average Bonchev–Trinajstić information content (AvgIpc) is 2.56. The minimum Gasteiger partial charge on any atom is -0.466 e. The highest BCUT2D eigenvalue weighted by Gasteiger charge is 2.18. The molecule has 0 N–H and O–H groups in total. The van der Waals surface area contributed by atoms with Crippen LogP contribution in [0.5, 0.6) is 0 Å². The molecule has 0 aliphatic rings. The van der Waals surface area contributed by atoms with E-state index in [4.69, 9.17) is 16.3 Å². The van der Waals surface area contributed by atoms with Crippen molar-refractivity contribution < 1.29 is 14.3 Å². The van der Waals surface area contributed by atoms with Crippen molar-refractivity contribution in [1.82, 2.24) is 4.57 Å². The zero-order chi connectivity index (χ0) is 13.0. The van der Waals surface area contributed by atoms with E-state index in [0.29, 0.717) is 12.3 Å². The lowest BCUT2D eigenvalue weighted by molar-refractivity contribution is -0.142. The van der Waals surface area contributed by atoms with E-state index in [1.54, 1.807) is 24.6 Å². The summed E-state index contributed by atoms with van der Waals surface area (Å²) >= 11 is 6.94. The van der Waals surface area contributed by atoms with E-state index in [1.165, 1.54) is 11.8 Å². The molecular formula is C11H14ClNO3S. The Morgan fingerprint density at radius 2 is 2.18 bits per heavy atom. The third kappa shape index (κ3) is 3.26. The second-order valence-electron chi connectivity index (χ2n) is 3.37. The van der Waals surface area contributed by atoms with Gasteiger partial charge >= 0.3 is 5.97 Å². The number of esters is 1. The van der Waals surface area contributed by atoms with E-state index >= 15 is 0 Å². The summed E-state index contributed by atoms with van der Waals surface area (Å²) in [5, 5.41) is -0.521. The van der Waals surface area contributed by atoms with E-state index in [1.807, 2.05) is 6.26 Å². The monoisotopic (exact) mass is 275 g/mol. The first-order chi connectivity index (χ1) is 8.01. The summed E-state index contributed by atoms with van der Waals surface area (Å²) in [6.07, 6.45) is 1.99. The number of carbonyl (C=O) groups excluding carboxylic acids is 2. The summed E-state index contributed by atoms with van der Waals surface area (Å²) in [7, 11) is 1.71. The first-order valence-electron chi connectivity index (χ1n) is 5.09. The lowest BCUT2D eigenvalue weighted by Gasteiger charge is -2.05. The quantitative estimate of drug-likeness (QED) is 0.470. The molecule has 0 saturated heterocycles. The van der Waals surface area contributed by atoms with Crippen molar-refractivity contribution in [3.05, 3.63) is 17.5 Å². The summed E-state index contributed by atoms with van der Waals surface area (Å²) < 4.78 is 6.50. The van der Waals surface area contributed by atoms with E-state index < -0.39 is 5.24 Å². The Morgan fingerprint density at radius 3 is 2.59 bits per heavy atom. The topological polar surface area (TPSA) is 48.3 Å². The fourth-order valence-electron chi connectivity index (χ4n) is 1.54. The maximum Gasteiger partial charge on any atom is 0.311 e. The van der Waals surface area contributed by atoms with Gasteiger partial charge in [-0.2, -0.15) is 0 Å². The van der Waals surface area contributed by atoms with Gasteiger partial charge in [0, 0.05) is 17.6 Å². The van der Waals surface area contributed by atoms with Crippen molar-refractivity contribution >= 4 is 34.6 Å². The number of nitrogens with zero attached hydrogens (tertiary/aromatic N) is 1. The third-order valence-corrected chi connectivity index (χ3v) is 3.26. The first kappa shape index (κ1) is 14.1. The van der Waals surface area contributed by atoms with Crippen molar-refractivity contribution in [1.29, 1.82) is 0 Å². The van der Waals surface area contributed by atoms with E-state index in [9.17, 15) is 9.59 Å². The molecule has 4 nitrogen and oxygen atoms in total. The van der Waals surface area contributed by atoms with Gasteiger partial charge in [-0.05, 0) is 30.8 Å². The molecule has 94 valence electrons. The Hall–Kier alpha value is -0.940. The van der Waals surface area contributed by atoms with Crippen LogP contribution in [0.15, 0.2) is 11.0 Å². The molecule has 0 unspecified atom stereocenters. The van der Waals surface area contributed by atoms with Crippen molar-refractivity contribution in [2.75, 3.05) is 12.9 Å². The van der Waals surface area contributed by atoms with Crippen LogP contribution in [0.25, 0.3) is 0 Å². The lowest BCUT2D eigenvalue weighted by Crippen LogP contribution is -2.11. The molecule has 0 spiro atoms. The van der Waals surface area contributed by atoms with Crippen LogP contribution in [-0.2, 0) is 23.0 Å². The third-order valence-electron chi connectivity index (χ3n) is 2.33. The van der Waals surface area contributed by atoms with Crippen LogP contribution in [0.4, 0.5) is 0 Å². The van der Waals surface area contributed by atoms with Crippen molar-refractivity contribution in [2.24, 2.45) is 7.05 Å². The zero-order valence-corrected chi connectivity index (χ0v) is 11.5. The van der Waals surface area contributed by atoms with Crippen LogP contribution in [0.1, 0.15) is 23.1 Å². The first-order valence-corrected chi connectivity index (χ1v) is 6.69. The molecule has 1 rings (SSSR count). The Kier molecular flexibility index (Phi) is 5.08. The van der Waals surface area contributed by atoms with Crippen LogP contribution < -0.4 is 0 Å². The molecule has 0 atom stereocenters. The molecule has 0 bridgehead atoms. The SMILES string of the molecule is CCOC(=O)Cc1cc(SC)c(C(=O)Cl)n1C. The standard InChI is InChI=1S/C11H14ClNO3S/c1-4-16-9(14)6-7-5-8(17-3)10(11(12)15)13(7)2/h5H,4,6H2,1-3H3. The predicted molar refractivity (Wildman–Crippen MR) is 67.7 cm³/mol. The van der Waals surface area contributed by atoms with Crippen LogP contribution >= 0.6 is 23.4 Å². The fraction of sp³-hybridized carbons (Fsp3) is 0.455. The summed E-state index contributed by atoms with van der Waals surface area (Å²) in [6, 6.07) is 1.79. The molecule has 1 heterocycles. The van der Waals surface area contributed by atoms with E-state index in [0.717, 1.165) is 10.6 Å². The molecule has 0 aliphatic heterocycles. The maximum absolute atomic E-state index is 11.4. The summed E-state index contributed by atoms with van der Waals surface area (Å²) in [5.74, 6) is -0.311. The Balaban J connectivity index is 3.02. The molecule has 1 aromatic rings. The van der Waals surface area contributed by atoms with Gasteiger partial charge in [-0.3, -0.25) is 9.59 Å². The van der Waals surface area contributed by atoms with Crippen LogP contribution in [0.2, 0.25) is 0 Å². The molecular weight excluding hydrogens is 262 g/mol. The number of rotatable bonds is 5. The van der Waals surface area contributed by atoms with Gasteiger partial charge in [-0.1, -0.05) is 0 Å². The van der Waals surface area contributed by atoms with E-state index in [2.05, 4.69) is 0 Å². The molecule has 1 aromatic heterocycles. The molecule has 0 fully saturated rings. The molecule has 17 heavy (non-hydrogen) atoms. The number of halogens is 1. The number of ether oxygens (including phenoxy) is 1. The summed E-state index contributed by atoms with van der Waals surface area (Å²) in [4.78, 5) is 23.4. The summed E-state index contributed by atoms with van der Waals surface area (Å²) in [5.41, 5.74) is 1.13. The normalized spacial score (nSPS) is 10.4. The molecule has 6 heteroatoms. The van der Waals surface area contributed by atoms with Gasteiger partial charge in [0.05, 0.1) is 13.0 Å². The Morgan fingerprint density at radius 1 is 1.53 bits per heavy atom. The largest absolute Gasteiger partial charge is 0.466 e. The molecule has 0 radical (unpaired) electrons. The Bertz CT molecular complexity index is 442. The molecule has 0 saturated carbocycles. The number of hydrogen-bond acceptors (Lipinski definition) is 4. The van der Waals surface area contributed by atoms with Gasteiger partial charge in [0.15, 0.2) is 0 Å². The molecule has 0 aliphatic carbocycles. The van der Waals surface area contributed by atoms with Gasteiger partial charge in [0.1, 0.15) is 5.69 Å². The number of thioether (sulfide) groups is 1. The fourth-order valence-corrected chi connectivity index (χ4v) is 2.50. The van der Waals surface area contributed by atoms with E-state index in [-0.39, 0.29) is 12.4 Å². The average molecular weight is 276 g/mol. The maximum atomic E-state index is 11.4. The van der Waals surface area contributed by atoms with Crippen LogP contribution in [0.3, 0.4) is 0 Å². The minimum absolute atomic E-state index is 0.141. The van der Waals surface area contributed by atoms with Crippen molar-refractivity contribution in [3.63, 3.8) is 0 Å². The zero-order valence-electron chi connectivity index (χ0n) is 9.95. The predicted octanol–water partition coefficient (Wildman–Crippen LogP) is 2.23. The minimum atomic E-state index is -0.521. The van der Waals surface area contributed by atoms with Crippen LogP contribution in [0, 0.1) is 0 Å². The number of aromatic nitrogens is 1. The van der Waals surface area contributed by atoms with Gasteiger partial charge in [0.2, 0.25) is 0 Å².